The van der Waals surface area contributed by atoms with Crippen LogP contribution in [0.5, 0.6) is 0 Å². The molecule has 0 fully saturated rings. The van der Waals surface area contributed by atoms with E-state index in [2.05, 4.69) is 29.5 Å². The number of benzene rings is 1. The van der Waals surface area contributed by atoms with Gasteiger partial charge in [-0.15, -0.1) is 0 Å². The van der Waals surface area contributed by atoms with E-state index in [9.17, 15) is 4.79 Å². The van der Waals surface area contributed by atoms with Gasteiger partial charge in [-0.2, -0.15) is 5.10 Å². The number of nitrogens with two attached hydrogens (primary N) is 1. The monoisotopic (exact) mass is 256 g/mol. The molecule has 2 heterocycles. The Balaban J connectivity index is 2.07. The molecule has 1 aromatic heterocycles. The lowest BCUT2D eigenvalue weighted by Crippen LogP contribution is -2.25. The number of rotatable bonds is 2. The highest BCUT2D eigenvalue weighted by atomic mass is 16.1. The summed E-state index contributed by atoms with van der Waals surface area (Å²) in [4.78, 5) is 11.2. The molecule has 2 aromatic rings. The molecule has 0 spiro atoms. The molecule has 19 heavy (non-hydrogen) atoms. The minimum atomic E-state index is -0.493. The summed E-state index contributed by atoms with van der Waals surface area (Å²) < 4.78 is 1.87. The van der Waals surface area contributed by atoms with Crippen LogP contribution in [0.15, 0.2) is 30.3 Å². The van der Waals surface area contributed by atoms with E-state index in [-0.39, 0.29) is 6.04 Å². The van der Waals surface area contributed by atoms with E-state index in [0.717, 1.165) is 18.8 Å². The van der Waals surface area contributed by atoms with Gasteiger partial charge in [0.15, 0.2) is 5.69 Å². The second-order valence-electron chi connectivity index (χ2n) is 4.81. The van der Waals surface area contributed by atoms with Crippen molar-refractivity contribution in [2.45, 2.75) is 19.4 Å². The lowest BCUT2D eigenvalue weighted by atomic mass is 9.98. The van der Waals surface area contributed by atoms with Gasteiger partial charge in [0, 0.05) is 12.6 Å². The Morgan fingerprint density at radius 1 is 1.47 bits per heavy atom. The van der Waals surface area contributed by atoms with E-state index in [1.807, 2.05) is 16.8 Å². The number of anilines is 1. The highest BCUT2D eigenvalue weighted by Gasteiger charge is 2.25. The van der Waals surface area contributed by atoms with Crippen molar-refractivity contribution in [2.75, 3.05) is 11.9 Å². The average Bonchev–Trinajstić information content (AvgIpc) is 2.83. The quantitative estimate of drug-likeness (QED) is 0.858. The van der Waals surface area contributed by atoms with Crippen LogP contribution in [-0.4, -0.2) is 22.2 Å². The van der Waals surface area contributed by atoms with Gasteiger partial charge in [-0.25, -0.2) is 4.68 Å². The Bertz CT molecular complexity index is 632. The molecule has 0 bridgehead atoms. The molecular weight excluding hydrogens is 240 g/mol. The lowest BCUT2D eigenvalue weighted by Gasteiger charge is -2.27. The largest absolute Gasteiger partial charge is 0.370 e. The van der Waals surface area contributed by atoms with Gasteiger partial charge in [-0.05, 0) is 24.5 Å². The van der Waals surface area contributed by atoms with Gasteiger partial charge >= 0.3 is 0 Å². The molecular formula is C14H16N4O. The zero-order chi connectivity index (χ0) is 13.4. The van der Waals surface area contributed by atoms with E-state index in [0.29, 0.717) is 5.69 Å². The van der Waals surface area contributed by atoms with Crippen LogP contribution in [0.4, 0.5) is 5.82 Å². The zero-order valence-electron chi connectivity index (χ0n) is 10.8. The van der Waals surface area contributed by atoms with Crippen LogP contribution < -0.4 is 11.1 Å². The zero-order valence-corrected chi connectivity index (χ0v) is 10.8. The standard InChI is InChI=1S/C14H16N4O/c1-9-4-2-3-5-10(9)12-6-7-16-13-8-11(14(15)19)17-18(12)13/h2-5,8,12,16H,6-7H2,1H3,(H2,15,19). The molecule has 1 unspecified atom stereocenters. The topological polar surface area (TPSA) is 72.9 Å². The van der Waals surface area contributed by atoms with Crippen molar-refractivity contribution in [2.24, 2.45) is 5.73 Å². The van der Waals surface area contributed by atoms with E-state index in [1.165, 1.54) is 11.1 Å². The fourth-order valence-electron chi connectivity index (χ4n) is 2.59. The molecule has 1 atom stereocenters. The number of amides is 1. The Hall–Kier alpha value is -2.30. The highest BCUT2D eigenvalue weighted by Crippen LogP contribution is 2.31. The molecule has 98 valence electrons. The lowest BCUT2D eigenvalue weighted by molar-refractivity contribution is 0.0994. The summed E-state index contributed by atoms with van der Waals surface area (Å²) in [6, 6.07) is 10.1. The number of aromatic nitrogens is 2. The number of primary amides is 1. The Labute approximate surface area is 111 Å². The maximum absolute atomic E-state index is 11.2. The van der Waals surface area contributed by atoms with Crippen molar-refractivity contribution in [1.29, 1.82) is 0 Å². The van der Waals surface area contributed by atoms with Gasteiger partial charge < -0.3 is 11.1 Å². The number of carbonyl (C=O) groups excluding carboxylic acids is 1. The molecule has 1 aromatic carbocycles. The highest BCUT2D eigenvalue weighted by molar-refractivity contribution is 5.91. The van der Waals surface area contributed by atoms with E-state index < -0.39 is 5.91 Å². The minimum absolute atomic E-state index is 0.158. The Kier molecular flexibility index (Phi) is 2.74. The van der Waals surface area contributed by atoms with Crippen molar-refractivity contribution >= 4 is 11.7 Å². The third kappa shape index (κ3) is 1.97. The third-order valence-corrected chi connectivity index (χ3v) is 3.55. The Morgan fingerprint density at radius 2 is 2.26 bits per heavy atom. The summed E-state index contributed by atoms with van der Waals surface area (Å²) in [6.07, 6.45) is 0.942. The summed E-state index contributed by atoms with van der Waals surface area (Å²) in [7, 11) is 0. The SMILES string of the molecule is Cc1ccccc1C1CCNc2cc(C(N)=O)nn21. The van der Waals surface area contributed by atoms with Crippen LogP contribution in [0.2, 0.25) is 0 Å². The smallest absolute Gasteiger partial charge is 0.269 e. The predicted octanol–water partition coefficient (Wildman–Crippen LogP) is 1.70. The molecule has 1 aliphatic heterocycles. The first-order valence-electron chi connectivity index (χ1n) is 6.35. The second-order valence-corrected chi connectivity index (χ2v) is 4.81. The van der Waals surface area contributed by atoms with E-state index in [1.54, 1.807) is 6.07 Å². The van der Waals surface area contributed by atoms with Gasteiger partial charge in [0.1, 0.15) is 5.82 Å². The molecule has 5 heteroatoms. The van der Waals surface area contributed by atoms with Crippen LogP contribution in [0.1, 0.15) is 34.1 Å². The van der Waals surface area contributed by atoms with Crippen LogP contribution >= 0.6 is 0 Å². The fourth-order valence-corrected chi connectivity index (χ4v) is 2.59. The third-order valence-electron chi connectivity index (χ3n) is 3.55. The van der Waals surface area contributed by atoms with Crippen LogP contribution in [0.3, 0.4) is 0 Å². The number of nitrogens with one attached hydrogen (secondary N) is 1. The number of aryl methyl sites for hydroxylation is 1. The number of hydrogen-bond acceptors (Lipinski definition) is 3. The van der Waals surface area contributed by atoms with Gasteiger partial charge in [0.25, 0.3) is 5.91 Å². The fraction of sp³-hybridized carbons (Fsp3) is 0.286. The molecule has 5 nitrogen and oxygen atoms in total. The van der Waals surface area contributed by atoms with Crippen LogP contribution in [0.25, 0.3) is 0 Å². The molecule has 0 saturated heterocycles. The number of fused-ring (bicyclic) bond motifs is 1. The number of hydrogen-bond donors (Lipinski definition) is 2. The van der Waals surface area contributed by atoms with E-state index >= 15 is 0 Å². The number of carbonyl (C=O) groups is 1. The first kappa shape index (κ1) is 11.8. The predicted molar refractivity (Wildman–Crippen MR) is 73.2 cm³/mol. The van der Waals surface area contributed by atoms with Crippen molar-refractivity contribution in [1.82, 2.24) is 9.78 Å². The molecule has 1 aliphatic rings. The van der Waals surface area contributed by atoms with Crippen LogP contribution in [-0.2, 0) is 0 Å². The van der Waals surface area contributed by atoms with Crippen LogP contribution in [0, 0.1) is 6.92 Å². The summed E-state index contributed by atoms with van der Waals surface area (Å²) in [5, 5.41) is 7.58. The normalized spacial score (nSPS) is 17.6. The summed E-state index contributed by atoms with van der Waals surface area (Å²) in [5.74, 6) is 0.362. The van der Waals surface area contributed by atoms with Crippen molar-refractivity contribution < 1.29 is 4.79 Å². The Morgan fingerprint density at radius 3 is 3.00 bits per heavy atom. The first-order valence-corrected chi connectivity index (χ1v) is 6.35. The molecule has 3 N–H and O–H groups in total. The maximum atomic E-state index is 11.2. The number of nitrogens with zero attached hydrogens (tertiary/aromatic N) is 2. The summed E-state index contributed by atoms with van der Waals surface area (Å²) >= 11 is 0. The van der Waals surface area contributed by atoms with Crippen molar-refractivity contribution in [3.8, 4) is 0 Å². The molecule has 0 aliphatic carbocycles. The summed E-state index contributed by atoms with van der Waals surface area (Å²) in [5.41, 5.74) is 8.08. The van der Waals surface area contributed by atoms with Crippen molar-refractivity contribution in [3.63, 3.8) is 0 Å². The molecule has 0 radical (unpaired) electrons. The van der Waals surface area contributed by atoms with Gasteiger partial charge in [-0.1, -0.05) is 24.3 Å². The molecule has 0 saturated carbocycles. The molecule has 3 rings (SSSR count). The first-order chi connectivity index (χ1) is 9.16. The van der Waals surface area contributed by atoms with Crippen molar-refractivity contribution in [3.05, 3.63) is 47.2 Å². The average molecular weight is 256 g/mol. The van der Waals surface area contributed by atoms with E-state index in [4.69, 9.17) is 5.73 Å². The molecule has 1 amide bonds. The van der Waals surface area contributed by atoms with Gasteiger partial charge in [0.05, 0.1) is 6.04 Å². The van der Waals surface area contributed by atoms with Gasteiger partial charge in [-0.3, -0.25) is 4.79 Å². The maximum Gasteiger partial charge on any atom is 0.269 e. The van der Waals surface area contributed by atoms with Gasteiger partial charge in [0.2, 0.25) is 0 Å². The second kappa shape index (κ2) is 4.42. The summed E-state index contributed by atoms with van der Waals surface area (Å²) in [6.45, 7) is 2.96. The minimum Gasteiger partial charge on any atom is -0.370 e.